The third kappa shape index (κ3) is 2.10. The van der Waals surface area contributed by atoms with E-state index in [4.69, 9.17) is 4.74 Å². The first-order valence-electron chi connectivity index (χ1n) is 6.10. The van der Waals surface area contributed by atoms with Gasteiger partial charge in [-0.25, -0.2) is 4.98 Å². The zero-order chi connectivity index (χ0) is 13.6. The third-order valence-corrected chi connectivity index (χ3v) is 4.45. The zero-order valence-electron chi connectivity index (χ0n) is 11.1. The van der Waals surface area contributed by atoms with Gasteiger partial charge in [-0.15, -0.1) is 0 Å². The fourth-order valence-corrected chi connectivity index (χ4v) is 3.43. The molecule has 0 unspecified atom stereocenters. The van der Waals surface area contributed by atoms with Gasteiger partial charge >= 0.3 is 0 Å². The van der Waals surface area contributed by atoms with Crippen LogP contribution in [0.15, 0.2) is 22.0 Å². The molecule has 6 heteroatoms. The largest absolute Gasteiger partial charge is 0.479 e. The summed E-state index contributed by atoms with van der Waals surface area (Å²) in [5.41, 5.74) is 1.72. The van der Waals surface area contributed by atoms with Gasteiger partial charge in [-0.1, -0.05) is 25.6 Å². The summed E-state index contributed by atoms with van der Waals surface area (Å²) in [6.45, 7) is 4.21. The maximum Gasteiger partial charge on any atom is 0.241 e. The van der Waals surface area contributed by atoms with E-state index in [1.807, 2.05) is 0 Å². The molecule has 0 saturated heterocycles. The van der Waals surface area contributed by atoms with Crippen molar-refractivity contribution in [2.24, 2.45) is 5.41 Å². The SMILES string of the molecule is COc1ncnc2c1NC1=C(S2)C(=O)CC(C)(C)C1. The van der Waals surface area contributed by atoms with Crippen LogP contribution in [-0.2, 0) is 4.79 Å². The van der Waals surface area contributed by atoms with Crippen molar-refractivity contribution in [2.75, 3.05) is 12.4 Å². The van der Waals surface area contributed by atoms with Crippen LogP contribution in [0.1, 0.15) is 26.7 Å². The first-order valence-corrected chi connectivity index (χ1v) is 6.92. The first-order chi connectivity index (χ1) is 9.00. The highest BCUT2D eigenvalue weighted by molar-refractivity contribution is 8.04. The van der Waals surface area contributed by atoms with E-state index in [9.17, 15) is 4.79 Å². The molecule has 1 aliphatic heterocycles. The van der Waals surface area contributed by atoms with Crippen LogP contribution < -0.4 is 10.1 Å². The van der Waals surface area contributed by atoms with Gasteiger partial charge in [0.25, 0.3) is 0 Å². The molecule has 0 bridgehead atoms. The summed E-state index contributed by atoms with van der Waals surface area (Å²) in [6.07, 6.45) is 2.88. The number of nitrogens with one attached hydrogen (secondary N) is 1. The Bertz CT molecular complexity index is 596. The van der Waals surface area contributed by atoms with Crippen molar-refractivity contribution in [3.63, 3.8) is 0 Å². The minimum Gasteiger partial charge on any atom is -0.479 e. The number of methoxy groups -OCH3 is 1. The summed E-state index contributed by atoms with van der Waals surface area (Å²) in [6, 6.07) is 0. The summed E-state index contributed by atoms with van der Waals surface area (Å²) >= 11 is 1.42. The quantitative estimate of drug-likeness (QED) is 0.796. The van der Waals surface area contributed by atoms with Crippen molar-refractivity contribution < 1.29 is 9.53 Å². The summed E-state index contributed by atoms with van der Waals surface area (Å²) in [5.74, 6) is 0.701. The number of carbonyl (C=O) groups excluding carboxylic acids is 1. The number of hydrogen-bond donors (Lipinski definition) is 1. The van der Waals surface area contributed by atoms with Gasteiger partial charge in [-0.05, 0) is 11.8 Å². The van der Waals surface area contributed by atoms with Crippen LogP contribution in [0, 0.1) is 5.41 Å². The molecule has 100 valence electrons. The summed E-state index contributed by atoms with van der Waals surface area (Å²) in [7, 11) is 1.58. The fourth-order valence-electron chi connectivity index (χ4n) is 2.46. The molecule has 1 aromatic heterocycles. The topological polar surface area (TPSA) is 64.1 Å². The molecule has 0 amide bonds. The normalized spacial score (nSPS) is 20.5. The van der Waals surface area contributed by atoms with Crippen LogP contribution in [0.2, 0.25) is 0 Å². The molecule has 0 spiro atoms. The Morgan fingerprint density at radius 1 is 1.37 bits per heavy atom. The van der Waals surface area contributed by atoms with Gasteiger partial charge in [-0.3, -0.25) is 4.79 Å². The molecule has 0 radical (unpaired) electrons. The van der Waals surface area contributed by atoms with Crippen LogP contribution >= 0.6 is 11.8 Å². The minimum absolute atomic E-state index is 0.0101. The molecular formula is C13H15N3O2S. The van der Waals surface area contributed by atoms with Gasteiger partial charge in [0.1, 0.15) is 17.0 Å². The van der Waals surface area contributed by atoms with Gasteiger partial charge < -0.3 is 10.1 Å². The van der Waals surface area contributed by atoms with Gasteiger partial charge in [0, 0.05) is 12.1 Å². The highest BCUT2D eigenvalue weighted by atomic mass is 32.2. The van der Waals surface area contributed by atoms with Crippen LogP contribution in [0.5, 0.6) is 5.88 Å². The molecule has 0 saturated carbocycles. The lowest BCUT2D eigenvalue weighted by Gasteiger charge is -2.34. The number of Topliss-reactive ketones (excluding diaryl/α,β-unsaturated/α-hetero) is 1. The molecule has 0 atom stereocenters. The number of anilines is 1. The highest BCUT2D eigenvalue weighted by Crippen LogP contribution is 2.48. The predicted octanol–water partition coefficient (Wildman–Crippen LogP) is 2.60. The Morgan fingerprint density at radius 3 is 2.89 bits per heavy atom. The van der Waals surface area contributed by atoms with Crippen LogP contribution in [0.4, 0.5) is 5.69 Å². The highest BCUT2D eigenvalue weighted by Gasteiger charge is 2.37. The van der Waals surface area contributed by atoms with Crippen molar-refractivity contribution in [1.82, 2.24) is 9.97 Å². The number of ether oxygens (including phenoxy) is 1. The van der Waals surface area contributed by atoms with Crippen molar-refractivity contribution in [3.05, 3.63) is 16.9 Å². The van der Waals surface area contributed by atoms with Crippen molar-refractivity contribution >= 4 is 23.2 Å². The molecule has 0 fully saturated rings. The fraction of sp³-hybridized carbons (Fsp3) is 0.462. The van der Waals surface area contributed by atoms with Gasteiger partial charge in [-0.2, -0.15) is 4.98 Å². The van der Waals surface area contributed by atoms with Crippen LogP contribution in [0.25, 0.3) is 0 Å². The summed E-state index contributed by atoms with van der Waals surface area (Å²) in [5, 5.41) is 4.04. The summed E-state index contributed by atoms with van der Waals surface area (Å²) < 4.78 is 5.24. The van der Waals surface area contributed by atoms with Crippen molar-refractivity contribution in [1.29, 1.82) is 0 Å². The third-order valence-electron chi connectivity index (χ3n) is 3.27. The Kier molecular flexibility index (Phi) is 2.78. The average Bonchev–Trinajstić information content (AvgIpc) is 2.35. The second-order valence-corrected chi connectivity index (χ2v) is 6.54. The Labute approximate surface area is 115 Å². The summed E-state index contributed by atoms with van der Waals surface area (Å²) in [4.78, 5) is 21.3. The molecule has 19 heavy (non-hydrogen) atoms. The number of thioether (sulfide) groups is 1. The number of carbonyl (C=O) groups is 1. The first kappa shape index (κ1) is 12.5. The van der Waals surface area contributed by atoms with E-state index in [0.717, 1.165) is 27.7 Å². The Hall–Kier alpha value is -1.56. The van der Waals surface area contributed by atoms with Crippen molar-refractivity contribution in [3.8, 4) is 5.88 Å². The zero-order valence-corrected chi connectivity index (χ0v) is 11.9. The van der Waals surface area contributed by atoms with Crippen LogP contribution in [0.3, 0.4) is 0 Å². The number of ketones is 1. The lowest BCUT2D eigenvalue weighted by molar-refractivity contribution is -0.117. The molecule has 5 nitrogen and oxygen atoms in total. The predicted molar refractivity (Wildman–Crippen MR) is 73.1 cm³/mol. The second-order valence-electron chi connectivity index (χ2n) is 5.54. The standard InChI is InChI=1S/C13H15N3O2S/c1-13(2)4-7-10(8(17)5-13)19-12-9(16-7)11(18-3)14-6-15-12/h6,16H,4-5H2,1-3H3. The van der Waals surface area contributed by atoms with E-state index in [1.165, 1.54) is 18.1 Å². The number of hydrogen-bond acceptors (Lipinski definition) is 6. The number of nitrogens with zero attached hydrogens (tertiary/aromatic N) is 2. The molecular weight excluding hydrogens is 262 g/mol. The molecule has 1 aromatic rings. The lowest BCUT2D eigenvalue weighted by Crippen LogP contribution is -2.29. The molecule has 0 aromatic carbocycles. The van der Waals surface area contributed by atoms with E-state index >= 15 is 0 Å². The molecule has 1 N–H and O–H groups in total. The van der Waals surface area contributed by atoms with E-state index < -0.39 is 0 Å². The lowest BCUT2D eigenvalue weighted by atomic mass is 9.78. The number of fused-ring (bicyclic) bond motifs is 1. The number of allylic oxidation sites excluding steroid dienone is 2. The maximum absolute atomic E-state index is 12.2. The van der Waals surface area contributed by atoms with Gasteiger partial charge in [0.05, 0.1) is 12.0 Å². The van der Waals surface area contributed by atoms with Gasteiger partial charge in [0.15, 0.2) is 5.78 Å². The Morgan fingerprint density at radius 2 is 2.16 bits per heavy atom. The van der Waals surface area contributed by atoms with Gasteiger partial charge in [0.2, 0.25) is 5.88 Å². The van der Waals surface area contributed by atoms with E-state index in [0.29, 0.717) is 12.3 Å². The molecule has 1 aliphatic carbocycles. The average molecular weight is 277 g/mol. The monoisotopic (exact) mass is 277 g/mol. The minimum atomic E-state index is -0.0101. The molecule has 2 heterocycles. The van der Waals surface area contributed by atoms with Crippen molar-refractivity contribution in [2.45, 2.75) is 31.7 Å². The van der Waals surface area contributed by atoms with E-state index in [-0.39, 0.29) is 11.2 Å². The Balaban J connectivity index is 2.04. The second kappa shape index (κ2) is 4.23. The smallest absolute Gasteiger partial charge is 0.241 e. The van der Waals surface area contributed by atoms with E-state index in [1.54, 1.807) is 7.11 Å². The van der Waals surface area contributed by atoms with E-state index in [2.05, 4.69) is 29.1 Å². The number of rotatable bonds is 1. The maximum atomic E-state index is 12.2. The molecule has 3 rings (SSSR count). The number of aromatic nitrogens is 2. The molecule has 2 aliphatic rings. The van der Waals surface area contributed by atoms with Crippen LogP contribution in [-0.4, -0.2) is 22.9 Å².